The fraction of sp³-hybridized carbons (Fsp3) is 0.364. The lowest BCUT2D eigenvalue weighted by Gasteiger charge is -2.17. The highest BCUT2D eigenvalue weighted by molar-refractivity contribution is 7.89. The molecule has 1 aromatic rings. The molecular weight excluding hydrogens is 278 g/mol. The maximum Gasteiger partial charge on any atom is 0.256 e. The van der Waals surface area contributed by atoms with Crippen molar-refractivity contribution in [1.82, 2.24) is 4.90 Å². The number of nitrogens with zero attached hydrogens (tertiary/aromatic N) is 1. The minimum atomic E-state index is -4.36. The van der Waals surface area contributed by atoms with Gasteiger partial charge in [0.05, 0.1) is 5.56 Å². The molecule has 0 saturated carbocycles. The number of carbonyl (C=O) groups is 1. The van der Waals surface area contributed by atoms with Crippen LogP contribution in [0.3, 0.4) is 0 Å². The van der Waals surface area contributed by atoms with Crippen LogP contribution in [0.4, 0.5) is 8.78 Å². The fourth-order valence-corrected chi connectivity index (χ4v) is 2.17. The Morgan fingerprint density at radius 1 is 1.32 bits per heavy atom. The molecule has 0 aliphatic heterocycles. The van der Waals surface area contributed by atoms with E-state index in [9.17, 15) is 22.0 Å². The zero-order valence-electron chi connectivity index (χ0n) is 10.5. The molecular formula is C11H14F2N2O3S. The minimum Gasteiger partial charge on any atom is -0.342 e. The van der Waals surface area contributed by atoms with E-state index in [1.807, 2.05) is 6.92 Å². The van der Waals surface area contributed by atoms with Crippen LogP contribution >= 0.6 is 0 Å². The molecule has 0 saturated heterocycles. The van der Waals surface area contributed by atoms with Crippen LogP contribution in [0.5, 0.6) is 0 Å². The lowest BCUT2D eigenvalue weighted by atomic mass is 10.2. The van der Waals surface area contributed by atoms with Gasteiger partial charge in [-0.3, -0.25) is 4.79 Å². The van der Waals surface area contributed by atoms with Crippen molar-refractivity contribution in [3.8, 4) is 0 Å². The van der Waals surface area contributed by atoms with Crippen molar-refractivity contribution in [1.29, 1.82) is 0 Å². The number of rotatable bonds is 4. The number of carbonyl (C=O) groups excluding carboxylic acids is 1. The number of primary sulfonamides is 1. The third-order valence-electron chi connectivity index (χ3n) is 2.46. The molecule has 5 nitrogen and oxygen atoms in total. The van der Waals surface area contributed by atoms with E-state index in [-0.39, 0.29) is 0 Å². The summed E-state index contributed by atoms with van der Waals surface area (Å²) in [6.07, 6.45) is 0.646. The van der Waals surface area contributed by atoms with Crippen molar-refractivity contribution >= 4 is 15.9 Å². The summed E-state index contributed by atoms with van der Waals surface area (Å²) in [5, 5.41) is 4.80. The molecule has 1 rings (SSSR count). The van der Waals surface area contributed by atoms with Gasteiger partial charge in [-0.2, -0.15) is 0 Å². The summed E-state index contributed by atoms with van der Waals surface area (Å²) in [4.78, 5) is 12.2. The van der Waals surface area contributed by atoms with E-state index >= 15 is 0 Å². The molecule has 8 heteroatoms. The summed E-state index contributed by atoms with van der Waals surface area (Å²) in [6.45, 7) is 2.18. The van der Waals surface area contributed by atoms with Crippen LogP contribution in [-0.2, 0) is 10.0 Å². The topological polar surface area (TPSA) is 80.5 Å². The predicted octanol–water partition coefficient (Wildman–Crippen LogP) is 1.09. The first-order valence-corrected chi connectivity index (χ1v) is 7.00. The Morgan fingerprint density at radius 3 is 2.37 bits per heavy atom. The summed E-state index contributed by atoms with van der Waals surface area (Å²) in [6, 6.07) is 0.960. The number of amides is 1. The molecule has 0 radical (unpaired) electrons. The normalized spacial score (nSPS) is 11.4. The molecule has 106 valence electrons. The van der Waals surface area contributed by atoms with Crippen LogP contribution in [0.1, 0.15) is 23.7 Å². The molecule has 1 amide bonds. The van der Waals surface area contributed by atoms with Crippen molar-refractivity contribution in [3.05, 3.63) is 29.3 Å². The van der Waals surface area contributed by atoms with Crippen LogP contribution in [0.25, 0.3) is 0 Å². The fourth-order valence-electron chi connectivity index (χ4n) is 1.55. The minimum absolute atomic E-state index is 0.340. The third-order valence-corrected chi connectivity index (χ3v) is 3.39. The summed E-state index contributed by atoms with van der Waals surface area (Å²) >= 11 is 0. The first-order valence-electron chi connectivity index (χ1n) is 5.45. The van der Waals surface area contributed by atoms with Crippen molar-refractivity contribution in [2.75, 3.05) is 13.6 Å². The van der Waals surface area contributed by atoms with Gasteiger partial charge in [0.25, 0.3) is 5.91 Å². The lowest BCUT2D eigenvalue weighted by Crippen LogP contribution is -2.28. The maximum absolute atomic E-state index is 13.5. The second kappa shape index (κ2) is 5.62. The molecule has 1 aromatic carbocycles. The van der Waals surface area contributed by atoms with E-state index in [1.54, 1.807) is 0 Å². The molecule has 0 heterocycles. The number of hydrogen-bond donors (Lipinski definition) is 1. The molecule has 0 bridgehead atoms. The second-order valence-electron chi connectivity index (χ2n) is 4.03. The molecule has 0 fully saturated rings. The Bertz CT molecular complexity index is 602. The molecule has 0 spiro atoms. The Balaban J connectivity index is 3.34. The van der Waals surface area contributed by atoms with E-state index in [4.69, 9.17) is 5.14 Å². The van der Waals surface area contributed by atoms with Gasteiger partial charge in [0.1, 0.15) is 16.5 Å². The predicted molar refractivity (Wildman–Crippen MR) is 65.0 cm³/mol. The van der Waals surface area contributed by atoms with Gasteiger partial charge in [-0.05, 0) is 12.5 Å². The highest BCUT2D eigenvalue weighted by Gasteiger charge is 2.23. The zero-order chi connectivity index (χ0) is 14.8. The maximum atomic E-state index is 13.5. The van der Waals surface area contributed by atoms with E-state index in [1.165, 1.54) is 11.9 Å². The largest absolute Gasteiger partial charge is 0.342 e. The van der Waals surface area contributed by atoms with Gasteiger partial charge in [0.15, 0.2) is 0 Å². The number of hydrogen-bond acceptors (Lipinski definition) is 3. The highest BCUT2D eigenvalue weighted by atomic mass is 32.2. The number of benzene rings is 1. The smallest absolute Gasteiger partial charge is 0.256 e. The van der Waals surface area contributed by atoms with Crippen LogP contribution in [0.15, 0.2) is 17.0 Å². The average molecular weight is 292 g/mol. The summed E-state index contributed by atoms with van der Waals surface area (Å²) in [7, 11) is -2.92. The van der Waals surface area contributed by atoms with Crippen LogP contribution in [0, 0.1) is 11.6 Å². The molecule has 0 aliphatic carbocycles. The Kier molecular flexibility index (Phi) is 4.59. The molecule has 0 unspecified atom stereocenters. The molecule has 2 N–H and O–H groups in total. The average Bonchev–Trinajstić information content (AvgIpc) is 2.26. The Hall–Kier alpha value is -1.54. The standard InChI is InChI=1S/C11H14F2N2O3S/c1-3-4-15(2)11(16)7-5-10(19(14,17)18)9(13)6-8(7)12/h5-6H,3-4H2,1-2H3,(H2,14,17,18). The van der Waals surface area contributed by atoms with E-state index in [2.05, 4.69) is 0 Å². The zero-order valence-corrected chi connectivity index (χ0v) is 11.3. The molecule has 0 atom stereocenters. The van der Waals surface area contributed by atoms with Crippen molar-refractivity contribution in [2.24, 2.45) is 5.14 Å². The first kappa shape index (κ1) is 15.5. The number of sulfonamides is 1. The van der Waals surface area contributed by atoms with Gasteiger partial charge in [0.2, 0.25) is 10.0 Å². The van der Waals surface area contributed by atoms with E-state index in [0.717, 1.165) is 0 Å². The van der Waals surface area contributed by atoms with Crippen LogP contribution < -0.4 is 5.14 Å². The summed E-state index contributed by atoms with van der Waals surface area (Å²) in [5.74, 6) is -3.18. The van der Waals surface area contributed by atoms with Gasteiger partial charge in [-0.1, -0.05) is 6.92 Å². The highest BCUT2D eigenvalue weighted by Crippen LogP contribution is 2.19. The third kappa shape index (κ3) is 3.48. The molecule has 19 heavy (non-hydrogen) atoms. The quantitative estimate of drug-likeness (QED) is 0.902. The summed E-state index contributed by atoms with van der Waals surface area (Å²) in [5.41, 5.74) is -0.527. The van der Waals surface area contributed by atoms with Crippen LogP contribution in [-0.4, -0.2) is 32.8 Å². The van der Waals surface area contributed by atoms with Gasteiger partial charge < -0.3 is 4.90 Å². The first-order chi connectivity index (χ1) is 8.68. The van der Waals surface area contributed by atoms with Crippen molar-refractivity contribution in [2.45, 2.75) is 18.2 Å². The van der Waals surface area contributed by atoms with Crippen molar-refractivity contribution in [3.63, 3.8) is 0 Å². The molecule has 0 aromatic heterocycles. The van der Waals surface area contributed by atoms with E-state index < -0.39 is 38.0 Å². The lowest BCUT2D eigenvalue weighted by molar-refractivity contribution is 0.0790. The monoisotopic (exact) mass is 292 g/mol. The van der Waals surface area contributed by atoms with Gasteiger partial charge in [0, 0.05) is 19.7 Å². The number of nitrogens with two attached hydrogens (primary N) is 1. The Labute approximate surface area is 110 Å². The van der Waals surface area contributed by atoms with Gasteiger partial charge >= 0.3 is 0 Å². The molecule has 0 aliphatic rings. The van der Waals surface area contributed by atoms with Crippen LogP contribution in [0.2, 0.25) is 0 Å². The second-order valence-corrected chi connectivity index (χ2v) is 5.56. The van der Waals surface area contributed by atoms with E-state index in [0.29, 0.717) is 25.1 Å². The SMILES string of the molecule is CCCN(C)C(=O)c1cc(S(N)(=O)=O)c(F)cc1F. The Morgan fingerprint density at radius 2 is 1.89 bits per heavy atom. The van der Waals surface area contributed by atoms with Gasteiger partial charge in [-0.25, -0.2) is 22.3 Å². The van der Waals surface area contributed by atoms with Gasteiger partial charge in [-0.15, -0.1) is 0 Å². The van der Waals surface area contributed by atoms with Crippen molar-refractivity contribution < 1.29 is 22.0 Å². The summed E-state index contributed by atoms with van der Waals surface area (Å²) < 4.78 is 49.1. The number of halogens is 2.